The van der Waals surface area contributed by atoms with Crippen LogP contribution in [0.5, 0.6) is 0 Å². The molecule has 2 aromatic heterocycles. The molecular formula is C45H40N2. The van der Waals surface area contributed by atoms with E-state index in [1.54, 1.807) is 0 Å². The summed E-state index contributed by atoms with van der Waals surface area (Å²) in [6.45, 7) is 19.0. The van der Waals surface area contributed by atoms with Gasteiger partial charge in [-0.25, -0.2) is 0 Å². The van der Waals surface area contributed by atoms with Gasteiger partial charge in [-0.15, -0.1) is 0 Å². The molecule has 0 aliphatic heterocycles. The first kappa shape index (κ1) is 29.3. The van der Waals surface area contributed by atoms with Gasteiger partial charge in [0.1, 0.15) is 0 Å². The minimum atomic E-state index is -0.311. The van der Waals surface area contributed by atoms with Crippen molar-refractivity contribution in [3.63, 3.8) is 0 Å². The normalized spacial score (nSPS) is 18.0. The van der Waals surface area contributed by atoms with Gasteiger partial charge in [-0.05, 0) is 99.7 Å². The average Bonchev–Trinajstić information content (AvgIpc) is 3.33. The Hall–Kier alpha value is -5.08. The fourth-order valence-corrected chi connectivity index (χ4v) is 8.28. The average molecular weight is 609 g/mol. The molecule has 47 heavy (non-hydrogen) atoms. The van der Waals surface area contributed by atoms with E-state index in [2.05, 4.69) is 127 Å². The van der Waals surface area contributed by atoms with Crippen molar-refractivity contribution >= 4 is 27.4 Å². The molecule has 0 N–H and O–H groups in total. The van der Waals surface area contributed by atoms with Crippen molar-refractivity contribution in [2.75, 3.05) is 0 Å². The monoisotopic (exact) mass is 608 g/mol. The van der Waals surface area contributed by atoms with Crippen LogP contribution in [0.15, 0.2) is 122 Å². The lowest BCUT2D eigenvalue weighted by molar-refractivity contribution is 0.583. The highest BCUT2D eigenvalue weighted by Gasteiger charge is 2.44. The quantitative estimate of drug-likeness (QED) is 0.195. The van der Waals surface area contributed by atoms with Gasteiger partial charge >= 0.3 is 0 Å². The second-order valence-electron chi connectivity index (χ2n) is 14.4. The molecule has 230 valence electrons. The summed E-state index contributed by atoms with van der Waals surface area (Å²) in [7, 11) is 0. The van der Waals surface area contributed by atoms with Crippen LogP contribution in [0.25, 0.3) is 49.6 Å². The highest BCUT2D eigenvalue weighted by Crippen LogP contribution is 2.57. The number of hydrogen-bond acceptors (Lipinski definition) is 2. The van der Waals surface area contributed by atoms with Crippen molar-refractivity contribution in [3.8, 4) is 22.3 Å². The van der Waals surface area contributed by atoms with Crippen LogP contribution in [-0.2, 0) is 17.3 Å². The van der Waals surface area contributed by atoms with Crippen LogP contribution >= 0.6 is 0 Å². The summed E-state index contributed by atoms with van der Waals surface area (Å²) in [5.41, 5.74) is 18.5. The summed E-state index contributed by atoms with van der Waals surface area (Å²) in [6.07, 6.45) is 11.6. The predicted octanol–water partition coefficient (Wildman–Crippen LogP) is 11.4. The third-order valence-electron chi connectivity index (χ3n) is 11.0. The van der Waals surface area contributed by atoms with E-state index in [0.29, 0.717) is 0 Å². The Labute approximate surface area is 278 Å². The SMILES string of the molecule is C=C1/C=C(c2cccc3cccnc23)\C=C/Cc2c(C)c(C)c3c(c2C1(C)C)C(C)(C)c1cc(-c2cccc4cccnc24)ccc1-3. The lowest BCUT2D eigenvalue weighted by atomic mass is 9.66. The standard InChI is InChI=1S/C45H40N2/c1-27-25-32(35-19-8-13-30-16-11-23-46-42(30)35)15-10-18-34-28(2)29(3)39-37-22-21-33(36-20-9-14-31-17-12-24-47-43(31)36)26-38(37)45(6,7)41(39)40(34)44(27,4)5/h8-17,19-26H,1,18H2,2-7H3/b15-10-,32-25+. The zero-order chi connectivity index (χ0) is 32.7. The number of pyridine rings is 2. The molecule has 0 saturated carbocycles. The Bertz CT molecular complexity index is 2350. The second-order valence-corrected chi connectivity index (χ2v) is 14.4. The Morgan fingerprint density at radius 1 is 0.660 bits per heavy atom. The molecule has 0 radical (unpaired) electrons. The van der Waals surface area contributed by atoms with E-state index in [-0.39, 0.29) is 10.8 Å². The first-order chi connectivity index (χ1) is 22.6. The molecule has 0 amide bonds. The highest BCUT2D eigenvalue weighted by atomic mass is 14.7. The minimum absolute atomic E-state index is 0.206. The van der Waals surface area contributed by atoms with Gasteiger partial charge in [0.15, 0.2) is 0 Å². The van der Waals surface area contributed by atoms with E-state index in [1.807, 2.05) is 24.5 Å². The van der Waals surface area contributed by atoms with E-state index in [4.69, 9.17) is 16.5 Å². The molecule has 0 saturated heterocycles. The van der Waals surface area contributed by atoms with Crippen molar-refractivity contribution in [1.82, 2.24) is 9.97 Å². The molecule has 4 aromatic carbocycles. The lowest BCUT2D eigenvalue weighted by Gasteiger charge is -2.37. The van der Waals surface area contributed by atoms with Crippen LogP contribution in [0.3, 0.4) is 0 Å². The fourth-order valence-electron chi connectivity index (χ4n) is 8.28. The molecular weight excluding hydrogens is 569 g/mol. The summed E-state index contributed by atoms with van der Waals surface area (Å²) < 4.78 is 0. The largest absolute Gasteiger partial charge is 0.256 e. The first-order valence-corrected chi connectivity index (χ1v) is 16.7. The lowest BCUT2D eigenvalue weighted by Crippen LogP contribution is -2.29. The van der Waals surface area contributed by atoms with Gasteiger partial charge in [0, 0.05) is 45.1 Å². The van der Waals surface area contributed by atoms with Crippen LogP contribution in [0.2, 0.25) is 0 Å². The zero-order valence-corrected chi connectivity index (χ0v) is 28.2. The molecule has 2 nitrogen and oxygen atoms in total. The molecule has 6 aromatic rings. The maximum atomic E-state index is 4.79. The Morgan fingerprint density at radius 2 is 1.30 bits per heavy atom. The third-order valence-corrected chi connectivity index (χ3v) is 11.0. The van der Waals surface area contributed by atoms with Crippen LogP contribution < -0.4 is 0 Å². The molecule has 0 fully saturated rings. The number of para-hydroxylation sites is 2. The van der Waals surface area contributed by atoms with Crippen LogP contribution in [-0.4, -0.2) is 9.97 Å². The van der Waals surface area contributed by atoms with Gasteiger partial charge in [0.25, 0.3) is 0 Å². The second kappa shape index (κ2) is 10.5. The summed E-state index contributed by atoms with van der Waals surface area (Å²) >= 11 is 0. The summed E-state index contributed by atoms with van der Waals surface area (Å²) in [5, 5.41) is 2.31. The van der Waals surface area contributed by atoms with Gasteiger partial charge in [0.2, 0.25) is 0 Å². The maximum Gasteiger partial charge on any atom is 0.0780 e. The van der Waals surface area contributed by atoms with Gasteiger partial charge in [-0.1, -0.05) is 113 Å². The van der Waals surface area contributed by atoms with Crippen molar-refractivity contribution in [2.45, 2.75) is 58.8 Å². The minimum Gasteiger partial charge on any atom is -0.256 e. The summed E-state index contributed by atoms with van der Waals surface area (Å²) in [5.74, 6) is 0. The zero-order valence-electron chi connectivity index (χ0n) is 28.2. The van der Waals surface area contributed by atoms with Gasteiger partial charge in [-0.2, -0.15) is 0 Å². The van der Waals surface area contributed by atoms with E-state index in [0.717, 1.165) is 44.9 Å². The van der Waals surface area contributed by atoms with E-state index in [9.17, 15) is 0 Å². The van der Waals surface area contributed by atoms with Crippen molar-refractivity contribution in [3.05, 3.63) is 161 Å². The molecule has 0 bridgehead atoms. The fraction of sp³-hybridized carbons (Fsp3) is 0.200. The Morgan fingerprint density at radius 3 is 2.00 bits per heavy atom. The van der Waals surface area contributed by atoms with E-state index < -0.39 is 0 Å². The van der Waals surface area contributed by atoms with E-state index in [1.165, 1.54) is 55.6 Å². The Balaban J connectivity index is 1.33. The topological polar surface area (TPSA) is 25.8 Å². The highest BCUT2D eigenvalue weighted by molar-refractivity contribution is 5.97. The number of nitrogens with zero attached hydrogens (tertiary/aromatic N) is 2. The number of benzene rings is 4. The summed E-state index contributed by atoms with van der Waals surface area (Å²) in [6, 6.07) is 28.3. The third kappa shape index (κ3) is 4.31. The molecule has 2 aliphatic carbocycles. The summed E-state index contributed by atoms with van der Waals surface area (Å²) in [4.78, 5) is 9.57. The maximum absolute atomic E-state index is 4.79. The molecule has 2 heterocycles. The molecule has 8 rings (SSSR count). The number of rotatable bonds is 2. The predicted molar refractivity (Wildman–Crippen MR) is 199 cm³/mol. The first-order valence-electron chi connectivity index (χ1n) is 16.7. The Kier molecular flexibility index (Phi) is 6.53. The van der Waals surface area contributed by atoms with Crippen LogP contribution in [0.1, 0.15) is 66.6 Å². The van der Waals surface area contributed by atoms with Crippen molar-refractivity contribution in [1.29, 1.82) is 0 Å². The molecule has 0 unspecified atom stereocenters. The molecule has 0 atom stereocenters. The number of hydrogen-bond donors (Lipinski definition) is 0. The molecule has 2 heteroatoms. The number of aromatic nitrogens is 2. The van der Waals surface area contributed by atoms with Gasteiger partial charge in [0.05, 0.1) is 11.0 Å². The van der Waals surface area contributed by atoms with Crippen molar-refractivity contribution < 1.29 is 0 Å². The van der Waals surface area contributed by atoms with E-state index >= 15 is 0 Å². The number of fused-ring (bicyclic) bond motifs is 7. The van der Waals surface area contributed by atoms with Gasteiger partial charge in [-0.3, -0.25) is 9.97 Å². The van der Waals surface area contributed by atoms with Crippen LogP contribution in [0.4, 0.5) is 0 Å². The van der Waals surface area contributed by atoms with Crippen LogP contribution in [0, 0.1) is 13.8 Å². The van der Waals surface area contributed by atoms with Crippen molar-refractivity contribution in [2.24, 2.45) is 0 Å². The van der Waals surface area contributed by atoms with Gasteiger partial charge < -0.3 is 0 Å². The smallest absolute Gasteiger partial charge is 0.0780 e. The molecule has 0 spiro atoms. The number of allylic oxidation sites excluding steroid dienone is 5. The molecule has 2 aliphatic rings.